The molecule has 0 saturated carbocycles. The molecule has 7 heteroatoms. The maximum Gasteiger partial charge on any atom is 0.260 e. The molecule has 0 aromatic heterocycles. The van der Waals surface area contributed by atoms with Gasteiger partial charge in [0.2, 0.25) is 0 Å². The molecule has 4 rings (SSSR count). The molecule has 144 valence electrons. The minimum Gasteiger partial charge on any atom is -0.489 e. The zero-order chi connectivity index (χ0) is 19.7. The predicted molar refractivity (Wildman–Crippen MR) is 111 cm³/mol. The Kier molecular flexibility index (Phi) is 5.19. The summed E-state index contributed by atoms with van der Waals surface area (Å²) in [6.07, 6.45) is 2.88. The van der Waals surface area contributed by atoms with Crippen molar-refractivity contribution in [2.24, 2.45) is 0 Å². The van der Waals surface area contributed by atoms with Gasteiger partial charge in [0.05, 0.1) is 5.57 Å². The lowest BCUT2D eigenvalue weighted by Gasteiger charge is -2.18. The second-order valence-electron chi connectivity index (χ2n) is 6.99. The van der Waals surface area contributed by atoms with Crippen LogP contribution in [-0.4, -0.2) is 43.0 Å². The Balaban J connectivity index is 1.49. The first-order valence-electron chi connectivity index (χ1n) is 9.07. The molecule has 6 nitrogen and oxygen atoms in total. The van der Waals surface area contributed by atoms with Gasteiger partial charge in [-0.25, -0.2) is 0 Å². The van der Waals surface area contributed by atoms with Gasteiger partial charge in [-0.15, -0.1) is 0 Å². The molecule has 2 heterocycles. The number of nitrogens with one attached hydrogen (secondary N) is 2. The molecular formula is C21H20BrN3O3. The van der Waals surface area contributed by atoms with Crippen LogP contribution in [0, 0.1) is 0 Å². The van der Waals surface area contributed by atoms with E-state index in [2.05, 4.69) is 38.5 Å². The number of carbonyl (C=O) groups is 2. The molecular weight excluding hydrogens is 422 g/mol. The van der Waals surface area contributed by atoms with Crippen LogP contribution in [-0.2, 0) is 4.79 Å². The number of imide groups is 1. The zero-order valence-corrected chi connectivity index (χ0v) is 17.0. The highest BCUT2D eigenvalue weighted by atomic mass is 79.9. The van der Waals surface area contributed by atoms with Crippen molar-refractivity contribution in [2.45, 2.75) is 12.5 Å². The summed E-state index contributed by atoms with van der Waals surface area (Å²) in [7, 11) is 2.09. The van der Waals surface area contributed by atoms with Crippen LogP contribution in [0.2, 0.25) is 0 Å². The van der Waals surface area contributed by atoms with Gasteiger partial charge in [0, 0.05) is 40.6 Å². The Labute approximate surface area is 171 Å². The van der Waals surface area contributed by atoms with Crippen molar-refractivity contribution in [1.82, 2.24) is 10.2 Å². The van der Waals surface area contributed by atoms with E-state index in [1.807, 2.05) is 24.3 Å². The van der Waals surface area contributed by atoms with Crippen molar-refractivity contribution in [1.29, 1.82) is 0 Å². The van der Waals surface area contributed by atoms with Gasteiger partial charge in [-0.2, -0.15) is 0 Å². The van der Waals surface area contributed by atoms with Crippen molar-refractivity contribution >= 4 is 39.0 Å². The van der Waals surface area contributed by atoms with Crippen LogP contribution in [0.3, 0.4) is 0 Å². The first-order valence-corrected chi connectivity index (χ1v) is 9.86. The zero-order valence-electron chi connectivity index (χ0n) is 15.4. The number of hydrogen-bond acceptors (Lipinski definition) is 5. The van der Waals surface area contributed by atoms with Gasteiger partial charge in [0.15, 0.2) is 0 Å². The third-order valence-corrected chi connectivity index (χ3v) is 5.37. The number of fused-ring (bicyclic) bond motifs is 1. The van der Waals surface area contributed by atoms with Crippen molar-refractivity contribution < 1.29 is 14.3 Å². The van der Waals surface area contributed by atoms with E-state index in [4.69, 9.17) is 4.74 Å². The van der Waals surface area contributed by atoms with Crippen molar-refractivity contribution in [3.8, 4) is 5.75 Å². The number of amides is 2. The second kappa shape index (κ2) is 7.77. The monoisotopic (exact) mass is 441 g/mol. The normalized spacial score (nSPS) is 20.8. The summed E-state index contributed by atoms with van der Waals surface area (Å²) in [5.74, 6) is 0.0194. The summed E-state index contributed by atoms with van der Waals surface area (Å²) < 4.78 is 6.80. The van der Waals surface area contributed by atoms with E-state index < -0.39 is 5.91 Å². The number of anilines is 1. The molecule has 1 unspecified atom stereocenters. The second-order valence-corrected chi connectivity index (χ2v) is 7.91. The number of likely N-dealkylation sites (tertiary alicyclic amines) is 1. The Morgan fingerprint density at radius 2 is 1.93 bits per heavy atom. The smallest absolute Gasteiger partial charge is 0.260 e. The average molecular weight is 442 g/mol. The summed E-state index contributed by atoms with van der Waals surface area (Å²) in [5, 5.41) is 5.50. The molecule has 2 amide bonds. The predicted octanol–water partition coefficient (Wildman–Crippen LogP) is 3.26. The van der Waals surface area contributed by atoms with E-state index >= 15 is 0 Å². The van der Waals surface area contributed by atoms with Crippen LogP contribution < -0.4 is 15.4 Å². The van der Waals surface area contributed by atoms with Crippen molar-refractivity contribution in [2.75, 3.05) is 25.5 Å². The molecule has 1 fully saturated rings. The van der Waals surface area contributed by atoms with E-state index in [1.54, 1.807) is 24.4 Å². The number of ether oxygens (including phenoxy) is 1. The maximum absolute atomic E-state index is 12.3. The van der Waals surface area contributed by atoms with E-state index in [1.165, 1.54) is 0 Å². The summed E-state index contributed by atoms with van der Waals surface area (Å²) in [6, 6.07) is 12.9. The molecule has 0 spiro atoms. The van der Waals surface area contributed by atoms with Crippen molar-refractivity contribution in [3.63, 3.8) is 0 Å². The minimum atomic E-state index is -0.423. The molecule has 2 aliphatic heterocycles. The molecule has 2 aliphatic rings. The third kappa shape index (κ3) is 3.95. The molecule has 1 atom stereocenters. The molecule has 0 radical (unpaired) electrons. The fraction of sp³-hybridized carbons (Fsp3) is 0.238. The van der Waals surface area contributed by atoms with Gasteiger partial charge in [-0.05, 0) is 55.9 Å². The van der Waals surface area contributed by atoms with Crippen LogP contribution in [0.1, 0.15) is 22.3 Å². The number of nitrogens with zero attached hydrogens (tertiary/aromatic N) is 1. The molecule has 2 N–H and O–H groups in total. The Bertz CT molecular complexity index is 956. The van der Waals surface area contributed by atoms with E-state index in [0.29, 0.717) is 16.7 Å². The van der Waals surface area contributed by atoms with E-state index in [0.717, 1.165) is 35.4 Å². The lowest BCUT2D eigenvalue weighted by atomic mass is 9.95. The Morgan fingerprint density at radius 1 is 1.14 bits per heavy atom. The standard InChI is InChI=1S/C21H20BrN3O3/c1-25-9-8-16(12-25)28-15-5-3-14(4-6-15)23-11-19-18-10-13(22)2-7-17(18)20(26)24-21(19)27/h2-7,10-11,16,23H,8-9,12H2,1H3,(H,24,26,27)/b19-11-. The Hall–Kier alpha value is -2.64. The number of likely N-dealkylation sites (N-methyl/N-ethyl adjacent to an activating group) is 1. The summed E-state index contributed by atoms with van der Waals surface area (Å²) in [5.41, 5.74) is 2.30. The number of halogens is 1. The number of benzene rings is 2. The van der Waals surface area contributed by atoms with Gasteiger partial charge < -0.3 is 15.0 Å². The highest BCUT2D eigenvalue weighted by molar-refractivity contribution is 9.10. The first kappa shape index (κ1) is 18.7. The molecule has 0 bridgehead atoms. The fourth-order valence-electron chi connectivity index (χ4n) is 3.41. The lowest BCUT2D eigenvalue weighted by molar-refractivity contribution is -0.114. The quantitative estimate of drug-likeness (QED) is 0.562. The lowest BCUT2D eigenvalue weighted by Crippen LogP contribution is -2.36. The fourth-order valence-corrected chi connectivity index (χ4v) is 3.77. The SMILES string of the molecule is CN1CCC(Oc2ccc(N/C=C3\C(=O)NC(=O)c4ccc(Br)cc43)cc2)C1. The van der Waals surface area contributed by atoms with Crippen LogP contribution in [0.5, 0.6) is 5.75 Å². The van der Waals surface area contributed by atoms with Gasteiger partial charge in [0.1, 0.15) is 11.9 Å². The largest absolute Gasteiger partial charge is 0.489 e. The van der Waals surface area contributed by atoms with E-state index in [-0.39, 0.29) is 12.0 Å². The number of hydrogen-bond donors (Lipinski definition) is 2. The van der Waals surface area contributed by atoms with Crippen molar-refractivity contribution in [3.05, 3.63) is 64.3 Å². The summed E-state index contributed by atoms with van der Waals surface area (Å²) >= 11 is 3.39. The number of rotatable bonds is 4. The van der Waals surface area contributed by atoms with Gasteiger partial charge in [-0.3, -0.25) is 14.9 Å². The van der Waals surface area contributed by atoms with Gasteiger partial charge in [0.25, 0.3) is 11.8 Å². The van der Waals surface area contributed by atoms with Crippen LogP contribution in [0.15, 0.2) is 53.1 Å². The average Bonchev–Trinajstić information content (AvgIpc) is 3.07. The van der Waals surface area contributed by atoms with E-state index in [9.17, 15) is 9.59 Å². The number of carbonyl (C=O) groups excluding carboxylic acids is 2. The topological polar surface area (TPSA) is 70.7 Å². The highest BCUT2D eigenvalue weighted by Gasteiger charge is 2.27. The molecule has 1 saturated heterocycles. The van der Waals surface area contributed by atoms with Crippen LogP contribution >= 0.6 is 15.9 Å². The molecule has 0 aliphatic carbocycles. The summed E-state index contributed by atoms with van der Waals surface area (Å²) in [4.78, 5) is 26.6. The first-order chi connectivity index (χ1) is 13.5. The highest BCUT2D eigenvalue weighted by Crippen LogP contribution is 2.28. The van der Waals surface area contributed by atoms with Gasteiger partial charge >= 0.3 is 0 Å². The summed E-state index contributed by atoms with van der Waals surface area (Å²) in [6.45, 7) is 1.99. The van der Waals surface area contributed by atoms with Crippen LogP contribution in [0.25, 0.3) is 5.57 Å². The molecule has 28 heavy (non-hydrogen) atoms. The molecule has 2 aromatic rings. The molecule has 2 aromatic carbocycles. The van der Waals surface area contributed by atoms with Gasteiger partial charge in [-0.1, -0.05) is 15.9 Å². The minimum absolute atomic E-state index is 0.226. The third-order valence-electron chi connectivity index (χ3n) is 4.88. The van der Waals surface area contributed by atoms with Crippen LogP contribution in [0.4, 0.5) is 5.69 Å². The Morgan fingerprint density at radius 3 is 2.64 bits per heavy atom. The maximum atomic E-state index is 12.3.